The Balaban J connectivity index is 1.30. The zero-order valence-corrected chi connectivity index (χ0v) is 24.4. The van der Waals surface area contributed by atoms with Gasteiger partial charge in [-0.05, 0) is 24.3 Å². The zero-order valence-electron chi connectivity index (χ0n) is 24.4. The Hall–Kier alpha value is -5.80. The van der Waals surface area contributed by atoms with Gasteiger partial charge in [-0.3, -0.25) is 0 Å². The Labute approximate surface area is 259 Å². The zero-order chi connectivity index (χ0) is 29.2. The molecule has 0 bridgehead atoms. The summed E-state index contributed by atoms with van der Waals surface area (Å²) in [5, 5.41) is 10.5. The van der Waals surface area contributed by atoms with Crippen molar-refractivity contribution in [1.82, 2.24) is 8.80 Å². The topological polar surface area (TPSA) is 8.82 Å². The van der Waals surface area contributed by atoms with E-state index in [0.29, 0.717) is 0 Å². The summed E-state index contributed by atoms with van der Waals surface area (Å²) in [4.78, 5) is 0. The van der Waals surface area contributed by atoms with Crippen molar-refractivity contribution in [3.8, 4) is 0 Å². The van der Waals surface area contributed by atoms with Crippen LogP contribution in [-0.4, -0.2) is 15.5 Å². The molecule has 0 fully saturated rings. The van der Waals surface area contributed by atoms with E-state index in [1.54, 1.807) is 0 Å². The Kier molecular flexibility index (Phi) is 4.43. The number of para-hydroxylation sites is 4. The fraction of sp³-hybridized carbons (Fsp3) is 0. The Morgan fingerprint density at radius 3 is 0.956 bits per heavy atom. The molecule has 0 aliphatic rings. The summed E-state index contributed by atoms with van der Waals surface area (Å²) in [6.07, 6.45) is 0. The molecule has 7 aromatic carbocycles. The third-order valence-corrected chi connectivity index (χ3v) is 10.3. The normalized spacial score (nSPS) is 12.4. The molecule has 0 aliphatic heterocycles. The molecule has 45 heavy (non-hydrogen) atoms. The molecular weight excluding hydrogens is 543 g/mol. The number of fused-ring (bicyclic) bond motifs is 12. The van der Waals surface area contributed by atoms with Crippen molar-refractivity contribution >= 4 is 99.3 Å². The van der Waals surface area contributed by atoms with Crippen LogP contribution in [0.3, 0.4) is 0 Å². The minimum Gasteiger partial charge on any atom is -0.308 e. The molecule has 4 aromatic heterocycles. The number of nitrogens with zero attached hydrogens (tertiary/aromatic N) is 2. The molecule has 0 atom stereocenters. The second-order valence-electron chi connectivity index (χ2n) is 12.5. The summed E-state index contributed by atoms with van der Waals surface area (Å²) in [6.45, 7) is 0.0669. The van der Waals surface area contributed by atoms with Gasteiger partial charge in [0.25, 0.3) is 0 Å². The van der Waals surface area contributed by atoms with Crippen molar-refractivity contribution in [2.45, 2.75) is 0 Å². The number of benzene rings is 7. The Morgan fingerprint density at radius 2 is 0.600 bits per heavy atom. The van der Waals surface area contributed by atoms with Gasteiger partial charge >= 0.3 is 0 Å². The number of hydrogen-bond donors (Lipinski definition) is 0. The molecule has 3 heteroatoms. The summed E-state index contributed by atoms with van der Waals surface area (Å²) in [6, 6.07) is 56.5. The SMILES string of the molecule is c1ccc(B(c2cc3c4ccccc4n4c5ccccc5c(c2)c34)c2cc3c4ccccc4n4c5ccccc5c(c2)c34)cc1. The fourth-order valence-corrected chi connectivity index (χ4v) is 8.50. The average Bonchev–Trinajstić information content (AvgIpc) is 3.82. The van der Waals surface area contributed by atoms with Gasteiger partial charge in [-0.1, -0.05) is 144 Å². The van der Waals surface area contributed by atoms with Crippen LogP contribution in [0.4, 0.5) is 0 Å². The first-order valence-electron chi connectivity index (χ1n) is 15.7. The van der Waals surface area contributed by atoms with Crippen LogP contribution in [0.15, 0.2) is 152 Å². The van der Waals surface area contributed by atoms with E-state index in [-0.39, 0.29) is 6.71 Å². The molecule has 0 unspecified atom stereocenters. The van der Waals surface area contributed by atoms with E-state index < -0.39 is 0 Å². The smallest absolute Gasteiger partial charge is 0.241 e. The van der Waals surface area contributed by atoms with E-state index in [1.165, 1.54) is 92.6 Å². The molecule has 0 radical (unpaired) electrons. The van der Waals surface area contributed by atoms with E-state index >= 15 is 0 Å². The minimum atomic E-state index is 0.0669. The highest BCUT2D eigenvalue weighted by molar-refractivity contribution is 6.96. The molecule has 0 saturated heterocycles. The van der Waals surface area contributed by atoms with Crippen LogP contribution in [0.5, 0.6) is 0 Å². The Bertz CT molecular complexity index is 2580. The maximum absolute atomic E-state index is 2.47. The van der Waals surface area contributed by atoms with Crippen LogP contribution in [0.25, 0.3) is 76.2 Å². The molecular formula is C42H25BN2. The van der Waals surface area contributed by atoms with Crippen molar-refractivity contribution in [1.29, 1.82) is 0 Å². The highest BCUT2D eigenvalue weighted by Gasteiger charge is 2.28. The van der Waals surface area contributed by atoms with Crippen LogP contribution in [0, 0.1) is 0 Å². The summed E-state index contributed by atoms with van der Waals surface area (Å²) >= 11 is 0. The molecule has 206 valence electrons. The quantitative estimate of drug-likeness (QED) is 0.189. The van der Waals surface area contributed by atoms with Crippen LogP contribution in [0.1, 0.15) is 0 Å². The van der Waals surface area contributed by atoms with Gasteiger partial charge in [-0.15, -0.1) is 0 Å². The van der Waals surface area contributed by atoms with Gasteiger partial charge in [0, 0.05) is 43.1 Å². The van der Waals surface area contributed by atoms with Gasteiger partial charge in [0.15, 0.2) is 0 Å². The number of rotatable bonds is 3. The van der Waals surface area contributed by atoms with E-state index in [1.807, 2.05) is 0 Å². The van der Waals surface area contributed by atoms with Crippen molar-refractivity contribution in [3.05, 3.63) is 152 Å². The predicted molar refractivity (Wildman–Crippen MR) is 193 cm³/mol. The van der Waals surface area contributed by atoms with Gasteiger partial charge in [0.05, 0.1) is 33.1 Å². The molecule has 11 aromatic rings. The molecule has 2 nitrogen and oxygen atoms in total. The first-order valence-corrected chi connectivity index (χ1v) is 15.7. The Morgan fingerprint density at radius 1 is 0.289 bits per heavy atom. The summed E-state index contributed by atoms with van der Waals surface area (Å²) < 4.78 is 4.93. The standard InChI is InChI=1S/C42H25BN2/c1-2-12-26(13-3-1)43(27-22-33-29-14-4-8-18-37(29)44-38-19-9-5-15-30(38)34(23-27)41(33)44)28-24-35-31-16-6-10-20-39(31)45-40-21-11-7-17-32(40)36(25-28)42(35)45/h1-25H. The largest absolute Gasteiger partial charge is 0.308 e. The average molecular weight is 568 g/mol. The van der Waals surface area contributed by atoms with Gasteiger partial charge in [-0.25, -0.2) is 0 Å². The van der Waals surface area contributed by atoms with Gasteiger partial charge in [0.2, 0.25) is 6.71 Å². The predicted octanol–water partition coefficient (Wildman–Crippen LogP) is 8.50. The van der Waals surface area contributed by atoms with Crippen LogP contribution < -0.4 is 16.4 Å². The number of aromatic nitrogens is 2. The number of hydrogen-bond acceptors (Lipinski definition) is 0. The maximum atomic E-state index is 2.47. The highest BCUT2D eigenvalue weighted by Crippen LogP contribution is 2.40. The first-order chi connectivity index (χ1) is 22.3. The lowest BCUT2D eigenvalue weighted by Gasteiger charge is -2.17. The van der Waals surface area contributed by atoms with Gasteiger partial charge in [-0.2, -0.15) is 0 Å². The molecule has 0 spiro atoms. The van der Waals surface area contributed by atoms with Crippen LogP contribution in [-0.2, 0) is 0 Å². The second-order valence-corrected chi connectivity index (χ2v) is 12.5. The first kappa shape index (κ1) is 23.6. The van der Waals surface area contributed by atoms with E-state index in [9.17, 15) is 0 Å². The maximum Gasteiger partial charge on any atom is 0.241 e. The highest BCUT2D eigenvalue weighted by atomic mass is 14.9. The van der Waals surface area contributed by atoms with E-state index in [4.69, 9.17) is 0 Å². The molecule has 4 heterocycles. The van der Waals surface area contributed by atoms with Crippen molar-refractivity contribution < 1.29 is 0 Å². The third-order valence-electron chi connectivity index (χ3n) is 10.3. The van der Waals surface area contributed by atoms with Crippen molar-refractivity contribution in [3.63, 3.8) is 0 Å². The van der Waals surface area contributed by atoms with Crippen LogP contribution >= 0.6 is 0 Å². The molecule has 11 rings (SSSR count). The lowest BCUT2D eigenvalue weighted by molar-refractivity contribution is 1.37. The monoisotopic (exact) mass is 568 g/mol. The van der Waals surface area contributed by atoms with Gasteiger partial charge < -0.3 is 8.80 Å². The van der Waals surface area contributed by atoms with E-state index in [0.717, 1.165) is 0 Å². The van der Waals surface area contributed by atoms with Crippen LogP contribution in [0.2, 0.25) is 0 Å². The lowest BCUT2D eigenvalue weighted by Crippen LogP contribution is -2.51. The fourth-order valence-electron chi connectivity index (χ4n) is 8.50. The van der Waals surface area contributed by atoms with Gasteiger partial charge in [0.1, 0.15) is 0 Å². The molecule has 0 N–H and O–H groups in total. The molecule has 0 saturated carbocycles. The lowest BCUT2D eigenvalue weighted by atomic mass is 9.36. The summed E-state index contributed by atoms with van der Waals surface area (Å²) in [5.41, 5.74) is 11.7. The summed E-state index contributed by atoms with van der Waals surface area (Å²) in [7, 11) is 0. The molecule has 0 amide bonds. The summed E-state index contributed by atoms with van der Waals surface area (Å²) in [5.74, 6) is 0. The van der Waals surface area contributed by atoms with Crippen molar-refractivity contribution in [2.75, 3.05) is 0 Å². The van der Waals surface area contributed by atoms with E-state index in [2.05, 4.69) is 160 Å². The molecule has 0 aliphatic carbocycles. The third kappa shape index (κ3) is 2.95. The minimum absolute atomic E-state index is 0.0669. The second kappa shape index (κ2) is 8.43. The van der Waals surface area contributed by atoms with Crippen molar-refractivity contribution in [2.24, 2.45) is 0 Å².